The predicted octanol–water partition coefficient (Wildman–Crippen LogP) is 3.65. The Morgan fingerprint density at radius 1 is 1.11 bits per heavy atom. The van der Waals surface area contributed by atoms with Gasteiger partial charge in [-0.2, -0.15) is 0 Å². The second-order valence-corrected chi connectivity index (χ2v) is 7.10. The van der Waals surface area contributed by atoms with Crippen LogP contribution in [0.1, 0.15) is 65.2 Å². The van der Waals surface area contributed by atoms with Crippen LogP contribution in [0.5, 0.6) is 0 Å². The monoisotopic (exact) mass is 266 g/mol. The van der Waals surface area contributed by atoms with E-state index in [4.69, 9.17) is 5.73 Å². The van der Waals surface area contributed by atoms with Gasteiger partial charge in [0.2, 0.25) is 0 Å². The zero-order valence-electron chi connectivity index (χ0n) is 13.1. The summed E-state index contributed by atoms with van der Waals surface area (Å²) in [7, 11) is 0. The van der Waals surface area contributed by atoms with Gasteiger partial charge in [-0.05, 0) is 69.5 Å². The highest BCUT2D eigenvalue weighted by Gasteiger charge is 2.33. The summed E-state index contributed by atoms with van der Waals surface area (Å²) >= 11 is 0. The van der Waals surface area contributed by atoms with Gasteiger partial charge in [0, 0.05) is 6.04 Å². The first kappa shape index (κ1) is 15.3. The molecule has 0 amide bonds. The van der Waals surface area contributed by atoms with Gasteiger partial charge >= 0.3 is 0 Å². The minimum atomic E-state index is 0.765. The van der Waals surface area contributed by atoms with Crippen molar-refractivity contribution in [1.82, 2.24) is 4.90 Å². The smallest absolute Gasteiger partial charge is 0.0138 e. The van der Waals surface area contributed by atoms with Crippen molar-refractivity contribution in [3.63, 3.8) is 0 Å². The normalized spacial score (nSPS) is 38.1. The first-order valence-corrected chi connectivity index (χ1v) is 8.68. The van der Waals surface area contributed by atoms with Crippen LogP contribution < -0.4 is 5.73 Å². The molecule has 4 unspecified atom stereocenters. The summed E-state index contributed by atoms with van der Waals surface area (Å²) in [5, 5.41) is 0. The van der Waals surface area contributed by atoms with Gasteiger partial charge in [-0.3, -0.25) is 0 Å². The van der Waals surface area contributed by atoms with E-state index in [0.29, 0.717) is 0 Å². The molecular formula is C17H34N2. The summed E-state index contributed by atoms with van der Waals surface area (Å²) in [5.41, 5.74) is 6.06. The second kappa shape index (κ2) is 7.64. The van der Waals surface area contributed by atoms with Crippen molar-refractivity contribution in [2.45, 2.75) is 71.3 Å². The summed E-state index contributed by atoms with van der Waals surface area (Å²) in [5.74, 6) is 2.66. The maximum atomic E-state index is 6.06. The Bertz CT molecular complexity index is 254. The van der Waals surface area contributed by atoms with Gasteiger partial charge in [-0.25, -0.2) is 0 Å². The van der Waals surface area contributed by atoms with E-state index in [1.54, 1.807) is 0 Å². The minimum absolute atomic E-state index is 0.765. The molecule has 0 aromatic heterocycles. The van der Waals surface area contributed by atoms with Crippen molar-refractivity contribution >= 4 is 0 Å². The average Bonchev–Trinajstić information content (AvgIpc) is 2.64. The van der Waals surface area contributed by atoms with Crippen LogP contribution >= 0.6 is 0 Å². The molecule has 1 aliphatic carbocycles. The molecule has 0 aromatic carbocycles. The van der Waals surface area contributed by atoms with Crippen LogP contribution in [0.2, 0.25) is 0 Å². The maximum absolute atomic E-state index is 6.06. The Balaban J connectivity index is 1.96. The third-order valence-corrected chi connectivity index (χ3v) is 5.58. The Morgan fingerprint density at radius 2 is 1.95 bits per heavy atom. The molecule has 2 heteroatoms. The molecule has 4 atom stereocenters. The molecule has 0 aromatic rings. The molecule has 1 heterocycles. The number of hydrogen-bond acceptors (Lipinski definition) is 2. The molecule has 2 nitrogen and oxygen atoms in total. The van der Waals surface area contributed by atoms with Crippen molar-refractivity contribution in [2.75, 3.05) is 19.6 Å². The quantitative estimate of drug-likeness (QED) is 0.841. The van der Waals surface area contributed by atoms with Gasteiger partial charge < -0.3 is 10.6 Å². The van der Waals surface area contributed by atoms with Crippen LogP contribution in [0.4, 0.5) is 0 Å². The maximum Gasteiger partial charge on any atom is 0.0138 e. The third-order valence-electron chi connectivity index (χ3n) is 5.58. The molecule has 112 valence electrons. The highest BCUT2D eigenvalue weighted by atomic mass is 15.2. The fraction of sp³-hybridized carbons (Fsp3) is 1.00. The highest BCUT2D eigenvalue weighted by Crippen LogP contribution is 2.35. The Hall–Kier alpha value is -0.0800. The molecular weight excluding hydrogens is 232 g/mol. The fourth-order valence-corrected chi connectivity index (χ4v) is 4.30. The SMILES string of the molecule is CCCC1CCC(CN)C(N2CCCC(C)CC2)C1. The van der Waals surface area contributed by atoms with Crippen LogP contribution in [-0.4, -0.2) is 30.6 Å². The van der Waals surface area contributed by atoms with Crippen LogP contribution in [-0.2, 0) is 0 Å². The topological polar surface area (TPSA) is 29.3 Å². The van der Waals surface area contributed by atoms with E-state index < -0.39 is 0 Å². The van der Waals surface area contributed by atoms with E-state index in [0.717, 1.165) is 30.3 Å². The molecule has 0 bridgehead atoms. The summed E-state index contributed by atoms with van der Waals surface area (Å²) in [6, 6.07) is 0.792. The largest absolute Gasteiger partial charge is 0.330 e. The van der Waals surface area contributed by atoms with Gasteiger partial charge in [-0.15, -0.1) is 0 Å². The van der Waals surface area contributed by atoms with E-state index in [9.17, 15) is 0 Å². The Morgan fingerprint density at radius 3 is 2.68 bits per heavy atom. The lowest BCUT2D eigenvalue weighted by Crippen LogP contribution is -2.47. The van der Waals surface area contributed by atoms with Gasteiger partial charge in [0.1, 0.15) is 0 Å². The summed E-state index contributed by atoms with van der Waals surface area (Å²) < 4.78 is 0. The van der Waals surface area contributed by atoms with Crippen molar-refractivity contribution in [3.05, 3.63) is 0 Å². The standard InChI is InChI=1S/C17H34N2/c1-3-5-15-7-8-16(13-18)17(12-15)19-10-4-6-14(2)9-11-19/h14-17H,3-13,18H2,1-2H3. The van der Waals surface area contributed by atoms with E-state index in [1.807, 2.05) is 0 Å². The molecule has 1 aliphatic heterocycles. The van der Waals surface area contributed by atoms with Crippen molar-refractivity contribution in [3.8, 4) is 0 Å². The first-order chi connectivity index (χ1) is 9.24. The lowest BCUT2D eigenvalue weighted by Gasteiger charge is -2.42. The third kappa shape index (κ3) is 4.19. The lowest BCUT2D eigenvalue weighted by molar-refractivity contribution is 0.0810. The van der Waals surface area contributed by atoms with E-state index in [2.05, 4.69) is 18.7 Å². The van der Waals surface area contributed by atoms with E-state index >= 15 is 0 Å². The fourth-order valence-electron chi connectivity index (χ4n) is 4.30. The van der Waals surface area contributed by atoms with Crippen molar-refractivity contribution < 1.29 is 0 Å². The van der Waals surface area contributed by atoms with E-state index in [-0.39, 0.29) is 0 Å². The van der Waals surface area contributed by atoms with Crippen molar-refractivity contribution in [1.29, 1.82) is 0 Å². The summed E-state index contributed by atoms with van der Waals surface area (Å²) in [6.07, 6.45) is 11.2. The molecule has 0 spiro atoms. The Kier molecular flexibility index (Phi) is 6.15. The zero-order valence-corrected chi connectivity index (χ0v) is 13.1. The second-order valence-electron chi connectivity index (χ2n) is 7.10. The zero-order chi connectivity index (χ0) is 13.7. The molecule has 19 heavy (non-hydrogen) atoms. The molecule has 2 rings (SSSR count). The molecule has 2 aliphatic rings. The van der Waals surface area contributed by atoms with Gasteiger partial charge in [0.05, 0.1) is 0 Å². The molecule has 2 fully saturated rings. The van der Waals surface area contributed by atoms with Gasteiger partial charge in [0.15, 0.2) is 0 Å². The first-order valence-electron chi connectivity index (χ1n) is 8.68. The summed E-state index contributed by atoms with van der Waals surface area (Å²) in [4.78, 5) is 2.81. The molecule has 0 radical (unpaired) electrons. The van der Waals surface area contributed by atoms with Crippen LogP contribution in [0.3, 0.4) is 0 Å². The number of nitrogens with zero attached hydrogens (tertiary/aromatic N) is 1. The highest BCUT2D eigenvalue weighted by molar-refractivity contribution is 4.88. The molecule has 1 saturated carbocycles. The van der Waals surface area contributed by atoms with Crippen LogP contribution in [0.25, 0.3) is 0 Å². The van der Waals surface area contributed by atoms with Crippen LogP contribution in [0, 0.1) is 17.8 Å². The number of likely N-dealkylation sites (tertiary alicyclic amines) is 1. The van der Waals surface area contributed by atoms with Crippen molar-refractivity contribution in [2.24, 2.45) is 23.5 Å². The number of nitrogens with two attached hydrogens (primary N) is 1. The van der Waals surface area contributed by atoms with Gasteiger partial charge in [-0.1, -0.05) is 33.1 Å². The minimum Gasteiger partial charge on any atom is -0.330 e. The predicted molar refractivity (Wildman–Crippen MR) is 83.2 cm³/mol. The summed E-state index contributed by atoms with van der Waals surface area (Å²) in [6.45, 7) is 8.30. The Labute approximate surface area is 120 Å². The van der Waals surface area contributed by atoms with E-state index in [1.165, 1.54) is 64.5 Å². The lowest BCUT2D eigenvalue weighted by atomic mass is 9.76. The van der Waals surface area contributed by atoms with Gasteiger partial charge in [0.25, 0.3) is 0 Å². The average molecular weight is 266 g/mol. The number of hydrogen-bond donors (Lipinski definition) is 1. The number of rotatable bonds is 4. The molecule has 2 N–H and O–H groups in total. The molecule has 1 saturated heterocycles. The van der Waals surface area contributed by atoms with Crippen LogP contribution in [0.15, 0.2) is 0 Å².